The summed E-state index contributed by atoms with van der Waals surface area (Å²) < 4.78 is 24.5. The van der Waals surface area contributed by atoms with Gasteiger partial charge < -0.3 is 14.6 Å². The van der Waals surface area contributed by atoms with E-state index in [0.29, 0.717) is 31.4 Å². The Hall–Kier alpha value is -1.92. The number of hydrogen-bond acceptors (Lipinski definition) is 4. The van der Waals surface area contributed by atoms with Crippen LogP contribution in [0, 0.1) is 18.7 Å². The Bertz CT molecular complexity index is 706. The molecule has 0 bridgehead atoms. The maximum Gasteiger partial charge on any atom is 0.257 e. The van der Waals surface area contributed by atoms with Crippen LogP contribution in [0.2, 0.25) is 5.02 Å². The van der Waals surface area contributed by atoms with Gasteiger partial charge in [-0.1, -0.05) is 22.8 Å². The first-order valence-corrected chi connectivity index (χ1v) is 7.72. The second-order valence-corrected chi connectivity index (χ2v) is 5.91. The minimum atomic E-state index is -0.552. The maximum atomic E-state index is 14.1. The molecule has 1 N–H and O–H groups in total. The fraction of sp³-hybridized carbons (Fsp3) is 0.375. The van der Waals surface area contributed by atoms with E-state index in [1.165, 1.54) is 12.1 Å². The van der Waals surface area contributed by atoms with Crippen LogP contribution < -0.4 is 5.32 Å². The van der Waals surface area contributed by atoms with Crippen LogP contribution >= 0.6 is 11.6 Å². The van der Waals surface area contributed by atoms with Gasteiger partial charge in [0, 0.05) is 19.1 Å². The Morgan fingerprint density at radius 3 is 3.04 bits per heavy atom. The minimum absolute atomic E-state index is 0.0698. The Balaban J connectivity index is 1.88. The summed E-state index contributed by atoms with van der Waals surface area (Å²) in [5, 5.41) is 6.83. The van der Waals surface area contributed by atoms with Crippen molar-refractivity contribution in [3.8, 4) is 11.3 Å². The van der Waals surface area contributed by atoms with Crippen LogP contribution in [-0.2, 0) is 4.74 Å². The van der Waals surface area contributed by atoms with Gasteiger partial charge in [0.05, 0.1) is 17.2 Å². The minimum Gasteiger partial charge on any atom is -0.381 e. The molecule has 1 aromatic heterocycles. The highest BCUT2D eigenvalue weighted by atomic mass is 35.5. The molecule has 1 fully saturated rings. The standard InChI is InChI=1S/C16H16ClFN2O3/c1-9-13(16(21)19-7-10-5-6-22-8-10)15(20-23-9)14-11(17)3-2-4-12(14)18/h2-4,10H,5-8H2,1H3,(H,19,21)/t10-/m1/s1. The molecule has 1 atom stereocenters. The van der Waals surface area contributed by atoms with Crippen LogP contribution in [0.4, 0.5) is 4.39 Å². The fourth-order valence-electron chi connectivity index (χ4n) is 2.60. The predicted molar refractivity (Wildman–Crippen MR) is 82.9 cm³/mol. The van der Waals surface area contributed by atoms with Gasteiger partial charge in [0.25, 0.3) is 5.91 Å². The van der Waals surface area contributed by atoms with Crippen LogP contribution in [-0.4, -0.2) is 30.8 Å². The summed E-state index contributed by atoms with van der Waals surface area (Å²) >= 11 is 6.06. The molecular weight excluding hydrogens is 323 g/mol. The average Bonchev–Trinajstić information content (AvgIpc) is 3.15. The van der Waals surface area contributed by atoms with Gasteiger partial charge in [0.15, 0.2) is 0 Å². The molecule has 2 heterocycles. The van der Waals surface area contributed by atoms with E-state index in [2.05, 4.69) is 10.5 Å². The van der Waals surface area contributed by atoms with E-state index >= 15 is 0 Å². The van der Waals surface area contributed by atoms with E-state index in [1.54, 1.807) is 13.0 Å². The van der Waals surface area contributed by atoms with Gasteiger partial charge in [-0.05, 0) is 25.5 Å². The van der Waals surface area contributed by atoms with E-state index < -0.39 is 5.82 Å². The molecule has 1 saturated heterocycles. The van der Waals surface area contributed by atoms with Gasteiger partial charge in [0.1, 0.15) is 22.8 Å². The Kier molecular flexibility index (Phi) is 4.63. The zero-order valence-corrected chi connectivity index (χ0v) is 13.3. The topological polar surface area (TPSA) is 64.4 Å². The molecule has 5 nitrogen and oxygen atoms in total. The summed E-state index contributed by atoms with van der Waals surface area (Å²) in [4.78, 5) is 12.5. The van der Waals surface area contributed by atoms with Gasteiger partial charge >= 0.3 is 0 Å². The van der Waals surface area contributed by atoms with Crippen molar-refractivity contribution in [3.63, 3.8) is 0 Å². The van der Waals surface area contributed by atoms with Crippen LogP contribution in [0.3, 0.4) is 0 Å². The quantitative estimate of drug-likeness (QED) is 0.929. The maximum absolute atomic E-state index is 14.1. The van der Waals surface area contributed by atoms with Crippen LogP contribution in [0.1, 0.15) is 22.5 Å². The zero-order valence-electron chi connectivity index (χ0n) is 12.6. The predicted octanol–water partition coefficient (Wildman–Crippen LogP) is 3.21. The van der Waals surface area contributed by atoms with Crippen LogP contribution in [0.15, 0.2) is 22.7 Å². The van der Waals surface area contributed by atoms with Crippen molar-refractivity contribution in [2.45, 2.75) is 13.3 Å². The van der Waals surface area contributed by atoms with Crippen molar-refractivity contribution in [2.24, 2.45) is 5.92 Å². The number of benzene rings is 1. The zero-order chi connectivity index (χ0) is 16.4. The normalized spacial score (nSPS) is 17.4. The molecule has 0 aliphatic carbocycles. The highest BCUT2D eigenvalue weighted by Crippen LogP contribution is 2.33. The number of nitrogens with zero attached hydrogens (tertiary/aromatic N) is 1. The van der Waals surface area contributed by atoms with Crippen molar-refractivity contribution in [1.82, 2.24) is 10.5 Å². The first-order chi connectivity index (χ1) is 11.1. The number of aromatic nitrogens is 1. The highest BCUT2D eigenvalue weighted by Gasteiger charge is 2.26. The molecule has 7 heteroatoms. The first-order valence-electron chi connectivity index (χ1n) is 7.34. The first kappa shape index (κ1) is 16.0. The highest BCUT2D eigenvalue weighted by molar-refractivity contribution is 6.33. The van der Waals surface area contributed by atoms with Crippen molar-refractivity contribution in [1.29, 1.82) is 0 Å². The summed E-state index contributed by atoms with van der Waals surface area (Å²) in [7, 11) is 0. The number of nitrogens with one attached hydrogen (secondary N) is 1. The monoisotopic (exact) mass is 338 g/mol. The summed E-state index contributed by atoms with van der Waals surface area (Å²) in [6, 6.07) is 4.30. The van der Waals surface area contributed by atoms with Crippen molar-refractivity contribution >= 4 is 17.5 Å². The molecule has 1 aliphatic rings. The molecule has 23 heavy (non-hydrogen) atoms. The summed E-state index contributed by atoms with van der Waals surface area (Å²) in [6.45, 7) is 3.45. The lowest BCUT2D eigenvalue weighted by molar-refractivity contribution is 0.0944. The number of carbonyl (C=O) groups is 1. The van der Waals surface area contributed by atoms with Crippen molar-refractivity contribution in [2.75, 3.05) is 19.8 Å². The number of halogens is 2. The number of hydrogen-bond donors (Lipinski definition) is 1. The molecule has 0 saturated carbocycles. The van der Waals surface area contributed by atoms with Crippen molar-refractivity contribution < 1.29 is 18.4 Å². The molecule has 1 amide bonds. The average molecular weight is 339 g/mol. The number of rotatable bonds is 4. The summed E-state index contributed by atoms with van der Waals surface area (Å²) in [6.07, 6.45) is 0.912. The lowest BCUT2D eigenvalue weighted by Gasteiger charge is -2.10. The molecule has 0 unspecified atom stereocenters. The van der Waals surface area contributed by atoms with Gasteiger partial charge in [-0.15, -0.1) is 0 Å². The van der Waals surface area contributed by atoms with E-state index in [0.717, 1.165) is 6.42 Å². The Morgan fingerprint density at radius 1 is 1.52 bits per heavy atom. The molecule has 0 radical (unpaired) electrons. The van der Waals surface area contributed by atoms with Gasteiger partial charge in [0.2, 0.25) is 0 Å². The molecule has 3 rings (SSSR count). The second-order valence-electron chi connectivity index (χ2n) is 5.50. The van der Waals surface area contributed by atoms with Gasteiger partial charge in [-0.2, -0.15) is 0 Å². The third-order valence-corrected chi connectivity index (χ3v) is 4.18. The molecule has 1 aliphatic heterocycles. The van der Waals surface area contributed by atoms with Gasteiger partial charge in [-0.3, -0.25) is 4.79 Å². The third-order valence-electron chi connectivity index (χ3n) is 3.86. The van der Waals surface area contributed by atoms with E-state index in [-0.39, 0.29) is 27.8 Å². The lowest BCUT2D eigenvalue weighted by Crippen LogP contribution is -2.30. The van der Waals surface area contributed by atoms with Crippen molar-refractivity contribution in [3.05, 3.63) is 40.4 Å². The third kappa shape index (κ3) is 3.23. The summed E-state index contributed by atoms with van der Waals surface area (Å²) in [5.41, 5.74) is 0.391. The van der Waals surface area contributed by atoms with E-state index in [1.807, 2.05) is 0 Å². The largest absolute Gasteiger partial charge is 0.381 e. The van der Waals surface area contributed by atoms with Crippen LogP contribution in [0.25, 0.3) is 11.3 Å². The molecular formula is C16H16ClFN2O3. The Morgan fingerprint density at radius 2 is 2.35 bits per heavy atom. The summed E-state index contributed by atoms with van der Waals surface area (Å²) in [5.74, 6) is -0.298. The van der Waals surface area contributed by atoms with Gasteiger partial charge in [-0.25, -0.2) is 4.39 Å². The number of amides is 1. The smallest absolute Gasteiger partial charge is 0.257 e. The fourth-order valence-corrected chi connectivity index (χ4v) is 2.86. The lowest BCUT2D eigenvalue weighted by atomic mass is 10.0. The number of aryl methyl sites for hydroxylation is 1. The Labute approximate surface area is 137 Å². The molecule has 2 aromatic rings. The molecule has 0 spiro atoms. The van der Waals surface area contributed by atoms with E-state index in [4.69, 9.17) is 20.9 Å². The molecule has 122 valence electrons. The number of carbonyl (C=O) groups excluding carboxylic acids is 1. The van der Waals surface area contributed by atoms with E-state index in [9.17, 15) is 9.18 Å². The SMILES string of the molecule is Cc1onc(-c2c(F)cccc2Cl)c1C(=O)NC[C@H]1CCOC1. The van der Waals surface area contributed by atoms with Crippen LogP contribution in [0.5, 0.6) is 0 Å². The number of ether oxygens (including phenoxy) is 1. The second kappa shape index (κ2) is 6.68. The molecule has 1 aromatic carbocycles.